The Morgan fingerprint density at radius 3 is 2.66 bits per heavy atom. The summed E-state index contributed by atoms with van der Waals surface area (Å²) in [4.78, 5) is 18.3. The van der Waals surface area contributed by atoms with Crippen molar-refractivity contribution in [2.75, 3.05) is 6.54 Å². The Labute approximate surface area is 172 Å². The molecule has 0 radical (unpaired) electrons. The van der Waals surface area contributed by atoms with Gasteiger partial charge in [0.2, 0.25) is 0 Å². The van der Waals surface area contributed by atoms with E-state index in [0.29, 0.717) is 22.7 Å². The number of carbonyl (C=O) groups excluding carboxylic acids is 1. The summed E-state index contributed by atoms with van der Waals surface area (Å²) in [5.74, 6) is 0.0638. The third kappa shape index (κ3) is 3.86. The molecule has 7 heteroatoms. The number of nitrogens with zero attached hydrogens (tertiary/aromatic N) is 2. The highest BCUT2D eigenvalue weighted by Crippen LogP contribution is 2.33. The number of aliphatic hydroxyl groups excluding tert-OH is 1. The highest BCUT2D eigenvalue weighted by atomic mass is 32.1. The van der Waals surface area contributed by atoms with E-state index in [0.717, 1.165) is 15.8 Å². The third-order valence-electron chi connectivity index (χ3n) is 4.60. The van der Waals surface area contributed by atoms with Crippen molar-refractivity contribution in [1.29, 1.82) is 5.41 Å². The summed E-state index contributed by atoms with van der Waals surface area (Å²) >= 11 is 1.47. The van der Waals surface area contributed by atoms with Crippen LogP contribution in [0.4, 0.5) is 0 Å². The number of amidine groups is 1. The summed E-state index contributed by atoms with van der Waals surface area (Å²) in [6.45, 7) is 4.35. The topological polar surface area (TPSA) is 86.5 Å². The molecule has 148 valence electrons. The van der Waals surface area contributed by atoms with E-state index < -0.39 is 0 Å². The van der Waals surface area contributed by atoms with Gasteiger partial charge in [-0.15, -0.1) is 11.3 Å². The van der Waals surface area contributed by atoms with E-state index in [2.05, 4.69) is 4.98 Å². The van der Waals surface area contributed by atoms with Gasteiger partial charge in [-0.05, 0) is 43.7 Å². The van der Waals surface area contributed by atoms with Crippen molar-refractivity contribution in [2.24, 2.45) is 0 Å². The molecule has 2 aromatic carbocycles. The molecule has 0 fully saturated rings. The molecule has 29 heavy (non-hydrogen) atoms. The number of benzene rings is 2. The SMILES string of the molecule is CC(C)OC(=O)c1ccc(CN2CC(O)=C(c3nc4ccccc4s3)C2=N)cc1. The largest absolute Gasteiger partial charge is 0.510 e. The zero-order chi connectivity index (χ0) is 20.5. The average molecular weight is 407 g/mol. The van der Waals surface area contributed by atoms with Crippen LogP contribution in [-0.2, 0) is 11.3 Å². The van der Waals surface area contributed by atoms with Crippen LogP contribution in [0, 0.1) is 5.41 Å². The van der Waals surface area contributed by atoms with Crippen molar-refractivity contribution in [3.8, 4) is 0 Å². The minimum atomic E-state index is -0.349. The zero-order valence-electron chi connectivity index (χ0n) is 16.2. The van der Waals surface area contributed by atoms with E-state index in [1.807, 2.05) is 50.2 Å². The first-order valence-electron chi connectivity index (χ1n) is 9.34. The molecule has 0 amide bonds. The van der Waals surface area contributed by atoms with Gasteiger partial charge in [-0.3, -0.25) is 5.41 Å². The second kappa shape index (κ2) is 7.67. The van der Waals surface area contributed by atoms with Crippen molar-refractivity contribution in [1.82, 2.24) is 9.88 Å². The number of aliphatic hydroxyl groups is 1. The fraction of sp³-hybridized carbons (Fsp3) is 0.227. The van der Waals surface area contributed by atoms with Crippen LogP contribution in [0.2, 0.25) is 0 Å². The molecule has 0 saturated heterocycles. The van der Waals surface area contributed by atoms with Crippen LogP contribution in [0.25, 0.3) is 15.8 Å². The highest BCUT2D eigenvalue weighted by molar-refractivity contribution is 7.19. The van der Waals surface area contributed by atoms with Gasteiger partial charge in [0.25, 0.3) is 0 Å². The van der Waals surface area contributed by atoms with Crippen LogP contribution in [0.5, 0.6) is 0 Å². The predicted molar refractivity (Wildman–Crippen MR) is 114 cm³/mol. The lowest BCUT2D eigenvalue weighted by atomic mass is 10.1. The minimum Gasteiger partial charge on any atom is -0.510 e. The fourth-order valence-corrected chi connectivity index (χ4v) is 4.25. The number of hydrogen-bond donors (Lipinski definition) is 2. The summed E-state index contributed by atoms with van der Waals surface area (Å²) in [5.41, 5.74) is 2.79. The van der Waals surface area contributed by atoms with E-state index in [-0.39, 0.29) is 30.2 Å². The smallest absolute Gasteiger partial charge is 0.338 e. The Balaban J connectivity index is 1.49. The Morgan fingerprint density at radius 2 is 1.97 bits per heavy atom. The lowest BCUT2D eigenvalue weighted by Crippen LogP contribution is -2.26. The molecule has 0 aliphatic carbocycles. The van der Waals surface area contributed by atoms with Crippen molar-refractivity contribution in [2.45, 2.75) is 26.5 Å². The van der Waals surface area contributed by atoms with Gasteiger partial charge in [0.1, 0.15) is 16.6 Å². The van der Waals surface area contributed by atoms with Gasteiger partial charge < -0.3 is 14.7 Å². The second-order valence-corrected chi connectivity index (χ2v) is 8.19. The molecular weight excluding hydrogens is 386 g/mol. The molecule has 0 spiro atoms. The average Bonchev–Trinajstić information content (AvgIpc) is 3.22. The van der Waals surface area contributed by atoms with Gasteiger partial charge in [0.05, 0.1) is 34.0 Å². The lowest BCUT2D eigenvalue weighted by molar-refractivity contribution is 0.0378. The maximum absolute atomic E-state index is 12.0. The highest BCUT2D eigenvalue weighted by Gasteiger charge is 2.30. The summed E-state index contributed by atoms with van der Waals surface area (Å²) in [6, 6.07) is 14.9. The van der Waals surface area contributed by atoms with Crippen molar-refractivity contribution in [3.05, 3.63) is 70.4 Å². The molecule has 2 heterocycles. The quantitative estimate of drug-likeness (QED) is 0.603. The molecular formula is C22H21N3O3S. The standard InChI is InChI=1S/C22H21N3O3S/c1-13(2)28-22(27)15-9-7-14(8-10-15)11-25-12-17(26)19(20(25)23)21-24-16-5-3-4-6-18(16)29-21/h3-10,13,23,26H,11-12H2,1-2H3. The Hall–Kier alpha value is -3.19. The van der Waals surface area contributed by atoms with E-state index >= 15 is 0 Å². The second-order valence-electron chi connectivity index (χ2n) is 7.16. The Bertz CT molecular complexity index is 1080. The molecule has 1 aliphatic rings. The third-order valence-corrected chi connectivity index (χ3v) is 5.65. The molecule has 2 N–H and O–H groups in total. The predicted octanol–water partition coefficient (Wildman–Crippen LogP) is 4.62. The number of hydrogen-bond acceptors (Lipinski definition) is 6. The molecule has 1 aromatic heterocycles. The first-order valence-corrected chi connectivity index (χ1v) is 10.2. The van der Waals surface area contributed by atoms with Crippen LogP contribution in [-0.4, -0.2) is 39.4 Å². The molecule has 6 nitrogen and oxygen atoms in total. The summed E-state index contributed by atoms with van der Waals surface area (Å²) in [5, 5.41) is 19.7. The number of thiazole rings is 1. The van der Waals surface area contributed by atoms with Gasteiger partial charge in [-0.2, -0.15) is 0 Å². The van der Waals surface area contributed by atoms with Crippen molar-refractivity contribution in [3.63, 3.8) is 0 Å². The number of rotatable bonds is 5. The molecule has 1 aliphatic heterocycles. The zero-order valence-corrected chi connectivity index (χ0v) is 17.0. The minimum absolute atomic E-state index is 0.159. The van der Waals surface area contributed by atoms with Crippen LogP contribution in [0.15, 0.2) is 54.3 Å². The van der Waals surface area contributed by atoms with E-state index in [1.165, 1.54) is 11.3 Å². The number of fused-ring (bicyclic) bond motifs is 1. The first-order chi connectivity index (χ1) is 13.9. The number of nitrogens with one attached hydrogen (secondary N) is 1. The molecule has 0 unspecified atom stereocenters. The number of esters is 1. The summed E-state index contributed by atoms with van der Waals surface area (Å²) < 4.78 is 6.23. The van der Waals surface area contributed by atoms with E-state index in [9.17, 15) is 9.90 Å². The van der Waals surface area contributed by atoms with E-state index in [4.69, 9.17) is 10.1 Å². The first kappa shape index (κ1) is 19.1. The number of aromatic nitrogens is 1. The van der Waals surface area contributed by atoms with Crippen molar-refractivity contribution < 1.29 is 14.6 Å². The summed E-state index contributed by atoms with van der Waals surface area (Å²) in [7, 11) is 0. The normalized spacial score (nSPS) is 14.3. The van der Waals surface area contributed by atoms with Crippen LogP contribution < -0.4 is 0 Å². The van der Waals surface area contributed by atoms with Crippen LogP contribution in [0.3, 0.4) is 0 Å². The number of carbonyl (C=O) groups is 1. The maximum Gasteiger partial charge on any atom is 0.338 e. The number of ether oxygens (including phenoxy) is 1. The van der Waals surface area contributed by atoms with Gasteiger partial charge in [-0.25, -0.2) is 9.78 Å². The van der Waals surface area contributed by atoms with E-state index in [1.54, 1.807) is 17.0 Å². The fourth-order valence-electron chi connectivity index (χ4n) is 3.22. The van der Waals surface area contributed by atoms with Gasteiger partial charge in [0, 0.05) is 6.54 Å². The number of para-hydroxylation sites is 1. The summed E-state index contributed by atoms with van der Waals surface area (Å²) in [6.07, 6.45) is -0.165. The van der Waals surface area contributed by atoms with Gasteiger partial charge in [0.15, 0.2) is 0 Å². The molecule has 0 saturated carbocycles. The maximum atomic E-state index is 12.0. The van der Waals surface area contributed by atoms with Crippen molar-refractivity contribution >= 4 is 38.9 Å². The van der Waals surface area contributed by atoms with Crippen LogP contribution >= 0.6 is 11.3 Å². The van der Waals surface area contributed by atoms with Crippen LogP contribution in [0.1, 0.15) is 34.8 Å². The Morgan fingerprint density at radius 1 is 1.24 bits per heavy atom. The lowest BCUT2D eigenvalue weighted by Gasteiger charge is -2.18. The van der Waals surface area contributed by atoms with Gasteiger partial charge >= 0.3 is 5.97 Å². The van der Waals surface area contributed by atoms with Gasteiger partial charge in [-0.1, -0.05) is 24.3 Å². The molecule has 4 rings (SSSR count). The Kier molecular flexibility index (Phi) is 5.07. The monoisotopic (exact) mass is 407 g/mol. The molecule has 3 aromatic rings. The molecule has 0 bridgehead atoms. The molecule has 0 atom stereocenters.